The number of rotatable bonds is 8. The zero-order valence-corrected chi connectivity index (χ0v) is 19.5. The molecule has 7 nitrogen and oxygen atoms in total. The Hall–Kier alpha value is -3.04. The number of allylic oxidation sites excluding steroid dienone is 3. The van der Waals surface area contributed by atoms with Crippen LogP contribution in [0.25, 0.3) is 11.6 Å². The predicted molar refractivity (Wildman–Crippen MR) is 132 cm³/mol. The molecule has 2 aliphatic heterocycles. The molecular weight excluding hydrogens is 424 g/mol. The number of aliphatic imine (C=N–C) groups is 2. The average Bonchev–Trinajstić information content (AvgIpc) is 3.40. The number of nitrogens with zero attached hydrogens (tertiary/aromatic N) is 3. The summed E-state index contributed by atoms with van der Waals surface area (Å²) in [6.07, 6.45) is 8.09. The van der Waals surface area contributed by atoms with Crippen LogP contribution >= 0.6 is 0 Å². The molecule has 178 valence electrons. The van der Waals surface area contributed by atoms with Crippen molar-refractivity contribution in [2.45, 2.75) is 45.8 Å². The van der Waals surface area contributed by atoms with Crippen LogP contribution in [-0.4, -0.2) is 54.2 Å². The Morgan fingerprint density at radius 1 is 1.36 bits per heavy atom. The molecule has 0 amide bonds. The summed E-state index contributed by atoms with van der Waals surface area (Å²) in [6.45, 7) is 11.9. The fraction of sp³-hybridized carbons (Fsp3) is 0.417. The SMILES string of the molecule is C=C(c1c[nH]c(C)c1/C=C(\C)C1(N)N=CC=C(N=CC(CN2CCCC2)=C(C)N)N1)C(F)F. The molecule has 0 aliphatic carbocycles. The van der Waals surface area contributed by atoms with E-state index in [0.717, 1.165) is 36.6 Å². The minimum Gasteiger partial charge on any atom is -0.402 e. The fourth-order valence-corrected chi connectivity index (χ4v) is 3.80. The lowest BCUT2D eigenvalue weighted by Crippen LogP contribution is -2.53. The van der Waals surface area contributed by atoms with E-state index in [-0.39, 0.29) is 5.57 Å². The van der Waals surface area contributed by atoms with Crippen molar-refractivity contribution in [1.82, 2.24) is 15.2 Å². The Morgan fingerprint density at radius 3 is 2.70 bits per heavy atom. The highest BCUT2D eigenvalue weighted by atomic mass is 19.3. The number of alkyl halides is 2. The van der Waals surface area contributed by atoms with E-state index in [4.69, 9.17) is 11.5 Å². The van der Waals surface area contributed by atoms with E-state index < -0.39 is 12.2 Å². The van der Waals surface area contributed by atoms with Crippen molar-refractivity contribution in [2.75, 3.05) is 19.6 Å². The van der Waals surface area contributed by atoms with Crippen molar-refractivity contribution in [3.8, 4) is 0 Å². The van der Waals surface area contributed by atoms with Gasteiger partial charge in [0.1, 0.15) is 5.82 Å². The van der Waals surface area contributed by atoms with Gasteiger partial charge in [0.25, 0.3) is 6.43 Å². The molecule has 0 spiro atoms. The van der Waals surface area contributed by atoms with Crippen molar-refractivity contribution in [3.05, 3.63) is 58.3 Å². The summed E-state index contributed by atoms with van der Waals surface area (Å²) in [7, 11) is 0. The molecule has 0 radical (unpaired) electrons. The normalized spacial score (nSPS) is 22.6. The molecule has 6 N–H and O–H groups in total. The summed E-state index contributed by atoms with van der Waals surface area (Å²) in [6, 6.07) is 0. The van der Waals surface area contributed by atoms with Gasteiger partial charge in [-0.3, -0.25) is 10.6 Å². The van der Waals surface area contributed by atoms with E-state index >= 15 is 0 Å². The summed E-state index contributed by atoms with van der Waals surface area (Å²) < 4.78 is 26.4. The maximum atomic E-state index is 13.2. The van der Waals surface area contributed by atoms with Gasteiger partial charge in [-0.25, -0.2) is 18.8 Å². The highest BCUT2D eigenvalue weighted by Crippen LogP contribution is 2.29. The molecule has 3 rings (SSSR count). The third kappa shape index (κ3) is 5.85. The molecule has 1 unspecified atom stereocenters. The smallest absolute Gasteiger partial charge is 0.263 e. The topological polar surface area (TPSA) is 108 Å². The molecule has 0 aromatic carbocycles. The molecule has 1 fully saturated rings. The van der Waals surface area contributed by atoms with Crippen molar-refractivity contribution < 1.29 is 8.78 Å². The number of hydrogen-bond donors (Lipinski definition) is 4. The third-order valence-corrected chi connectivity index (χ3v) is 5.99. The largest absolute Gasteiger partial charge is 0.402 e. The monoisotopic (exact) mass is 457 g/mol. The molecule has 9 heteroatoms. The van der Waals surface area contributed by atoms with Gasteiger partial charge in [0, 0.05) is 58.8 Å². The van der Waals surface area contributed by atoms with Crippen LogP contribution in [0.3, 0.4) is 0 Å². The van der Waals surface area contributed by atoms with Gasteiger partial charge in [-0.2, -0.15) is 0 Å². The highest BCUT2D eigenvalue weighted by molar-refractivity contribution is 5.82. The summed E-state index contributed by atoms with van der Waals surface area (Å²) >= 11 is 0. The summed E-state index contributed by atoms with van der Waals surface area (Å²) in [5.41, 5.74) is 16.4. The van der Waals surface area contributed by atoms with Crippen molar-refractivity contribution in [1.29, 1.82) is 0 Å². The first kappa shape index (κ1) is 24.6. The molecule has 1 atom stereocenters. The van der Waals surface area contributed by atoms with Crippen molar-refractivity contribution in [3.63, 3.8) is 0 Å². The number of nitrogens with one attached hydrogen (secondary N) is 2. The standard InChI is InChI=1S/C24H33F2N7/c1-15(11-20-18(4)29-13-21(20)16(2)23(25)26)24(28)31-8-7-22(32-24)30-12-19(17(3)27)14-33-9-5-6-10-33/h7-8,11-13,23,29,32H,2,5-6,9-10,14,27-28H2,1,3-4H3/b15-11+,19-17?,30-12?. The van der Waals surface area contributed by atoms with E-state index in [0.29, 0.717) is 22.5 Å². The first-order valence-corrected chi connectivity index (χ1v) is 11.0. The average molecular weight is 458 g/mol. The lowest BCUT2D eigenvalue weighted by Gasteiger charge is -2.30. The van der Waals surface area contributed by atoms with Gasteiger partial charge >= 0.3 is 0 Å². The van der Waals surface area contributed by atoms with Gasteiger partial charge in [0.05, 0.1) is 0 Å². The maximum Gasteiger partial charge on any atom is 0.263 e. The van der Waals surface area contributed by atoms with Crippen LogP contribution in [-0.2, 0) is 0 Å². The second kappa shape index (κ2) is 10.3. The molecule has 1 aromatic heterocycles. The van der Waals surface area contributed by atoms with Crippen LogP contribution in [0.1, 0.15) is 43.5 Å². The van der Waals surface area contributed by atoms with E-state index in [1.807, 2.05) is 6.92 Å². The number of halogens is 2. The Kier molecular flexibility index (Phi) is 7.65. The van der Waals surface area contributed by atoms with Crippen LogP contribution in [0.5, 0.6) is 0 Å². The second-order valence-corrected chi connectivity index (χ2v) is 8.57. The molecular formula is C24H33F2N7. The van der Waals surface area contributed by atoms with Gasteiger partial charge in [0.15, 0.2) is 0 Å². The van der Waals surface area contributed by atoms with Crippen LogP contribution in [0.15, 0.2) is 51.5 Å². The lowest BCUT2D eigenvalue weighted by molar-refractivity contribution is 0.215. The minimum atomic E-state index is -2.65. The van der Waals surface area contributed by atoms with Gasteiger partial charge in [-0.1, -0.05) is 6.58 Å². The van der Waals surface area contributed by atoms with Gasteiger partial charge in [-0.15, -0.1) is 0 Å². The van der Waals surface area contributed by atoms with E-state index in [2.05, 4.69) is 31.8 Å². The van der Waals surface area contributed by atoms with Crippen molar-refractivity contribution in [2.24, 2.45) is 21.5 Å². The van der Waals surface area contributed by atoms with Crippen molar-refractivity contribution >= 4 is 24.1 Å². The quantitative estimate of drug-likeness (QED) is 0.448. The molecule has 3 heterocycles. The zero-order chi connectivity index (χ0) is 24.2. The molecule has 0 bridgehead atoms. The Morgan fingerprint density at radius 2 is 2.06 bits per heavy atom. The predicted octanol–water partition coefficient (Wildman–Crippen LogP) is 3.53. The highest BCUT2D eigenvalue weighted by Gasteiger charge is 2.29. The first-order valence-electron chi connectivity index (χ1n) is 11.0. The Balaban J connectivity index is 1.79. The summed E-state index contributed by atoms with van der Waals surface area (Å²) in [5.74, 6) is -0.742. The van der Waals surface area contributed by atoms with Gasteiger partial charge in [-0.05, 0) is 64.4 Å². The van der Waals surface area contributed by atoms with Crippen LogP contribution < -0.4 is 16.8 Å². The van der Waals surface area contributed by atoms with Crippen LogP contribution in [0.2, 0.25) is 0 Å². The number of aromatic amines is 1. The molecule has 33 heavy (non-hydrogen) atoms. The molecule has 1 aromatic rings. The Bertz CT molecular complexity index is 1040. The first-order chi connectivity index (χ1) is 15.6. The molecule has 2 aliphatic rings. The fourth-order valence-electron chi connectivity index (χ4n) is 3.80. The third-order valence-electron chi connectivity index (χ3n) is 5.99. The van der Waals surface area contributed by atoms with E-state index in [1.165, 1.54) is 19.0 Å². The molecule has 1 saturated heterocycles. The van der Waals surface area contributed by atoms with Gasteiger partial charge in [0.2, 0.25) is 5.79 Å². The zero-order valence-electron chi connectivity index (χ0n) is 19.5. The number of aromatic nitrogens is 1. The van der Waals surface area contributed by atoms with Gasteiger partial charge < -0.3 is 16.0 Å². The second-order valence-electron chi connectivity index (χ2n) is 8.57. The van der Waals surface area contributed by atoms with Crippen LogP contribution in [0, 0.1) is 6.92 Å². The molecule has 0 saturated carbocycles. The number of likely N-dealkylation sites (tertiary alicyclic amines) is 1. The van der Waals surface area contributed by atoms with E-state index in [9.17, 15) is 8.78 Å². The van der Waals surface area contributed by atoms with E-state index in [1.54, 1.807) is 38.4 Å². The van der Waals surface area contributed by atoms with Crippen LogP contribution in [0.4, 0.5) is 8.78 Å². The minimum absolute atomic E-state index is 0.246. The summed E-state index contributed by atoms with van der Waals surface area (Å²) in [4.78, 5) is 14.3. The maximum absolute atomic E-state index is 13.2. The number of nitrogens with two attached hydrogens (primary N) is 2. The Labute approximate surface area is 193 Å². The summed E-state index contributed by atoms with van der Waals surface area (Å²) in [5, 5.41) is 3.14. The number of aryl methyl sites for hydroxylation is 1. The number of H-pyrrole nitrogens is 1. The number of hydrogen-bond acceptors (Lipinski definition) is 6. The lowest BCUT2D eigenvalue weighted by atomic mass is 10.00.